The fourth-order valence-corrected chi connectivity index (χ4v) is 2.95. The van der Waals surface area contributed by atoms with Crippen LogP contribution in [-0.2, 0) is 0 Å². The number of nitrogens with two attached hydrogens (primary N) is 1. The first-order valence-corrected chi connectivity index (χ1v) is 8.28. The summed E-state index contributed by atoms with van der Waals surface area (Å²) in [6, 6.07) is 18.2. The molecule has 0 fully saturated rings. The highest BCUT2D eigenvalue weighted by Gasteiger charge is 2.14. The second-order valence-electron chi connectivity index (χ2n) is 6.11. The van der Waals surface area contributed by atoms with E-state index < -0.39 is 0 Å². The molecule has 2 heterocycles. The Kier molecular flexibility index (Phi) is 3.97. The average molecular weight is 342 g/mol. The van der Waals surface area contributed by atoms with E-state index in [1.807, 2.05) is 30.3 Å². The van der Waals surface area contributed by atoms with Crippen molar-refractivity contribution in [2.75, 3.05) is 12.8 Å². The molecule has 0 aliphatic heterocycles. The van der Waals surface area contributed by atoms with Gasteiger partial charge in [0.1, 0.15) is 17.9 Å². The lowest BCUT2D eigenvalue weighted by atomic mass is 9.97. The molecule has 0 aliphatic carbocycles. The SMILES string of the molecule is COc1cccc(-c2nc3ncnc(N)c3cc2-c2ccc(C)cc2)c1. The van der Waals surface area contributed by atoms with Crippen molar-refractivity contribution in [1.82, 2.24) is 15.0 Å². The second kappa shape index (κ2) is 6.44. The normalized spacial score (nSPS) is 10.8. The monoisotopic (exact) mass is 342 g/mol. The Morgan fingerprint density at radius 2 is 1.73 bits per heavy atom. The van der Waals surface area contributed by atoms with Gasteiger partial charge in [-0.05, 0) is 30.7 Å². The van der Waals surface area contributed by atoms with E-state index in [-0.39, 0.29) is 0 Å². The van der Waals surface area contributed by atoms with Crippen molar-refractivity contribution < 1.29 is 4.74 Å². The van der Waals surface area contributed by atoms with Gasteiger partial charge in [0, 0.05) is 11.1 Å². The minimum Gasteiger partial charge on any atom is -0.497 e. The van der Waals surface area contributed by atoms with Crippen LogP contribution >= 0.6 is 0 Å². The molecule has 2 aromatic heterocycles. The Bertz CT molecular complexity index is 1090. The molecule has 0 atom stereocenters. The van der Waals surface area contributed by atoms with Crippen LogP contribution in [0.25, 0.3) is 33.4 Å². The lowest BCUT2D eigenvalue weighted by Crippen LogP contribution is -1.98. The zero-order chi connectivity index (χ0) is 18.1. The molecule has 4 aromatic rings. The van der Waals surface area contributed by atoms with Gasteiger partial charge in [-0.2, -0.15) is 0 Å². The highest BCUT2D eigenvalue weighted by atomic mass is 16.5. The van der Waals surface area contributed by atoms with Gasteiger partial charge in [0.2, 0.25) is 0 Å². The largest absolute Gasteiger partial charge is 0.497 e. The summed E-state index contributed by atoms with van der Waals surface area (Å²) >= 11 is 0. The van der Waals surface area contributed by atoms with Crippen LogP contribution in [0.2, 0.25) is 0 Å². The predicted octanol–water partition coefficient (Wildman–Crippen LogP) is 4.26. The molecule has 4 rings (SSSR count). The van der Waals surface area contributed by atoms with Crippen molar-refractivity contribution in [3.8, 4) is 28.1 Å². The van der Waals surface area contributed by atoms with Crippen LogP contribution in [0.4, 0.5) is 5.82 Å². The standard InChI is InChI=1S/C21H18N4O/c1-13-6-8-14(9-7-13)17-11-18-20(22)23-12-24-21(18)25-19(17)15-4-3-5-16(10-15)26-2/h3-12H,1-2H3,(H2,22,23,24,25). The van der Waals surface area contributed by atoms with Crippen LogP contribution in [0.5, 0.6) is 5.75 Å². The van der Waals surface area contributed by atoms with Gasteiger partial charge in [-0.15, -0.1) is 0 Å². The number of hydrogen-bond donors (Lipinski definition) is 1. The van der Waals surface area contributed by atoms with E-state index in [0.29, 0.717) is 11.5 Å². The van der Waals surface area contributed by atoms with Crippen LogP contribution in [0.3, 0.4) is 0 Å². The smallest absolute Gasteiger partial charge is 0.165 e. The summed E-state index contributed by atoms with van der Waals surface area (Å²) in [5.41, 5.74) is 11.7. The van der Waals surface area contributed by atoms with Gasteiger partial charge < -0.3 is 10.5 Å². The Morgan fingerprint density at radius 1 is 0.923 bits per heavy atom. The molecule has 0 aliphatic rings. The quantitative estimate of drug-likeness (QED) is 0.602. The van der Waals surface area contributed by atoms with Gasteiger partial charge in [-0.1, -0.05) is 42.0 Å². The van der Waals surface area contributed by atoms with Crippen LogP contribution in [0.1, 0.15) is 5.56 Å². The number of rotatable bonds is 3. The predicted molar refractivity (Wildman–Crippen MR) is 104 cm³/mol. The van der Waals surface area contributed by atoms with Crippen molar-refractivity contribution in [2.24, 2.45) is 0 Å². The van der Waals surface area contributed by atoms with Gasteiger partial charge in [-0.3, -0.25) is 0 Å². The van der Waals surface area contributed by atoms with E-state index >= 15 is 0 Å². The minimum atomic E-state index is 0.424. The molecule has 0 spiro atoms. The molecule has 0 bridgehead atoms. The maximum atomic E-state index is 6.05. The molecule has 2 N–H and O–H groups in total. The van der Waals surface area contributed by atoms with Crippen molar-refractivity contribution in [1.29, 1.82) is 0 Å². The highest BCUT2D eigenvalue weighted by molar-refractivity contribution is 5.94. The van der Waals surface area contributed by atoms with E-state index in [0.717, 1.165) is 33.5 Å². The average Bonchev–Trinajstić information content (AvgIpc) is 2.68. The maximum absolute atomic E-state index is 6.05. The van der Waals surface area contributed by atoms with E-state index in [4.69, 9.17) is 15.5 Å². The van der Waals surface area contributed by atoms with Crippen molar-refractivity contribution >= 4 is 16.9 Å². The van der Waals surface area contributed by atoms with E-state index in [1.54, 1.807) is 7.11 Å². The fraction of sp³-hybridized carbons (Fsp3) is 0.0952. The molecule has 0 unspecified atom stereocenters. The van der Waals surface area contributed by atoms with Crippen LogP contribution < -0.4 is 10.5 Å². The van der Waals surface area contributed by atoms with Gasteiger partial charge >= 0.3 is 0 Å². The summed E-state index contributed by atoms with van der Waals surface area (Å²) in [5.74, 6) is 1.20. The number of fused-ring (bicyclic) bond motifs is 1. The summed E-state index contributed by atoms with van der Waals surface area (Å²) in [7, 11) is 1.65. The summed E-state index contributed by atoms with van der Waals surface area (Å²) in [6.07, 6.45) is 1.44. The van der Waals surface area contributed by atoms with Gasteiger partial charge in [0.15, 0.2) is 5.65 Å². The minimum absolute atomic E-state index is 0.424. The summed E-state index contributed by atoms with van der Waals surface area (Å²) in [6.45, 7) is 2.07. The Balaban J connectivity index is 2.02. The molecule has 0 saturated carbocycles. The second-order valence-corrected chi connectivity index (χ2v) is 6.11. The number of nitrogen functional groups attached to an aromatic ring is 1. The van der Waals surface area contributed by atoms with E-state index in [2.05, 4.69) is 41.2 Å². The van der Waals surface area contributed by atoms with Gasteiger partial charge in [0.05, 0.1) is 18.2 Å². The number of pyridine rings is 1. The molecule has 0 amide bonds. The van der Waals surface area contributed by atoms with Crippen LogP contribution in [-0.4, -0.2) is 22.1 Å². The van der Waals surface area contributed by atoms with Crippen LogP contribution in [0, 0.1) is 6.92 Å². The molecular weight excluding hydrogens is 324 g/mol. The van der Waals surface area contributed by atoms with E-state index in [1.165, 1.54) is 11.9 Å². The topological polar surface area (TPSA) is 73.9 Å². The Labute approximate surface area is 151 Å². The zero-order valence-electron chi connectivity index (χ0n) is 14.6. The third kappa shape index (κ3) is 2.84. The molecule has 5 heteroatoms. The van der Waals surface area contributed by atoms with Crippen LogP contribution in [0.15, 0.2) is 60.9 Å². The van der Waals surface area contributed by atoms with Gasteiger partial charge in [0.25, 0.3) is 0 Å². The van der Waals surface area contributed by atoms with Crippen molar-refractivity contribution in [3.05, 3.63) is 66.5 Å². The molecule has 26 heavy (non-hydrogen) atoms. The number of anilines is 1. The van der Waals surface area contributed by atoms with Gasteiger partial charge in [-0.25, -0.2) is 15.0 Å². The lowest BCUT2D eigenvalue weighted by molar-refractivity contribution is 0.415. The molecule has 5 nitrogen and oxygen atoms in total. The molecule has 2 aromatic carbocycles. The third-order valence-electron chi connectivity index (χ3n) is 4.36. The number of methoxy groups -OCH3 is 1. The number of aryl methyl sites for hydroxylation is 1. The summed E-state index contributed by atoms with van der Waals surface area (Å²) < 4.78 is 5.37. The van der Waals surface area contributed by atoms with E-state index in [9.17, 15) is 0 Å². The first-order valence-electron chi connectivity index (χ1n) is 8.28. The summed E-state index contributed by atoms with van der Waals surface area (Å²) in [4.78, 5) is 13.2. The maximum Gasteiger partial charge on any atom is 0.165 e. The zero-order valence-corrected chi connectivity index (χ0v) is 14.6. The number of nitrogens with zero attached hydrogens (tertiary/aromatic N) is 3. The number of hydrogen-bond acceptors (Lipinski definition) is 5. The third-order valence-corrected chi connectivity index (χ3v) is 4.36. The highest BCUT2D eigenvalue weighted by Crippen LogP contribution is 2.35. The molecule has 128 valence electrons. The number of ether oxygens (including phenoxy) is 1. The molecule has 0 saturated heterocycles. The van der Waals surface area contributed by atoms with Crippen molar-refractivity contribution in [2.45, 2.75) is 6.92 Å². The molecule has 0 radical (unpaired) electrons. The molecular formula is C21H18N4O. The first kappa shape index (κ1) is 16.0. The van der Waals surface area contributed by atoms with Crippen molar-refractivity contribution in [3.63, 3.8) is 0 Å². The first-order chi connectivity index (χ1) is 12.7. The lowest BCUT2D eigenvalue weighted by Gasteiger charge is -2.13. The fourth-order valence-electron chi connectivity index (χ4n) is 2.95. The Morgan fingerprint density at radius 3 is 2.50 bits per heavy atom. The summed E-state index contributed by atoms with van der Waals surface area (Å²) in [5, 5.41) is 0.745. The number of benzene rings is 2. The Hall–Kier alpha value is -3.47. The number of aromatic nitrogens is 3.